The van der Waals surface area contributed by atoms with E-state index in [1.54, 1.807) is 35.6 Å². The van der Waals surface area contributed by atoms with Gasteiger partial charge in [-0.25, -0.2) is 9.97 Å². The van der Waals surface area contributed by atoms with Crippen molar-refractivity contribution in [2.45, 2.75) is 19.0 Å². The minimum absolute atomic E-state index is 0.107. The minimum atomic E-state index is -4.53. The zero-order chi connectivity index (χ0) is 25.1. The number of carbonyl (C=O) groups is 1. The van der Waals surface area contributed by atoms with Gasteiger partial charge in [0.25, 0.3) is 5.91 Å². The van der Waals surface area contributed by atoms with E-state index < -0.39 is 17.6 Å². The van der Waals surface area contributed by atoms with Crippen LogP contribution in [0.5, 0.6) is 0 Å². The summed E-state index contributed by atoms with van der Waals surface area (Å²) in [5.74, 6) is -0.458. The number of rotatable bonds is 6. The van der Waals surface area contributed by atoms with Gasteiger partial charge in [0.2, 0.25) is 0 Å². The number of nitrogens with one attached hydrogen (secondary N) is 3. The summed E-state index contributed by atoms with van der Waals surface area (Å²) >= 11 is 0. The Labute approximate surface area is 205 Å². The smallest absolute Gasteiger partial charge is 0.368 e. The van der Waals surface area contributed by atoms with Crippen LogP contribution in [0.2, 0.25) is 0 Å². The topological polar surface area (TPSA) is 85.9 Å². The van der Waals surface area contributed by atoms with Crippen LogP contribution in [-0.4, -0.2) is 47.0 Å². The Hall–Kier alpha value is -3.92. The van der Waals surface area contributed by atoms with Crippen LogP contribution in [0.4, 0.5) is 24.5 Å². The molecule has 3 heterocycles. The largest absolute Gasteiger partial charge is 0.418 e. The molecule has 1 saturated heterocycles. The number of anilines is 2. The fourth-order valence-corrected chi connectivity index (χ4v) is 4.39. The SMILES string of the molecule is O=C(Nc1ccc(N2CCNCC2)c(C(F)(F)F)c1)c1cccc(CCc2cnc3nc[nH]c3c2)c1. The number of amides is 1. The van der Waals surface area contributed by atoms with Gasteiger partial charge in [0, 0.05) is 49.3 Å². The number of hydrogen-bond donors (Lipinski definition) is 3. The Morgan fingerprint density at radius 1 is 1.00 bits per heavy atom. The van der Waals surface area contributed by atoms with E-state index in [4.69, 9.17) is 0 Å². The van der Waals surface area contributed by atoms with Crippen LogP contribution in [0.1, 0.15) is 27.0 Å². The first-order valence-electron chi connectivity index (χ1n) is 11.7. The van der Waals surface area contributed by atoms with Crippen LogP contribution in [0.25, 0.3) is 11.2 Å². The average Bonchev–Trinajstić information content (AvgIpc) is 3.36. The number of aromatic nitrogens is 3. The molecule has 2 aromatic heterocycles. The number of piperazine rings is 1. The van der Waals surface area contributed by atoms with Gasteiger partial charge in [0.05, 0.1) is 17.4 Å². The molecule has 1 aliphatic heterocycles. The van der Waals surface area contributed by atoms with Crippen LogP contribution < -0.4 is 15.5 Å². The predicted molar refractivity (Wildman–Crippen MR) is 132 cm³/mol. The van der Waals surface area contributed by atoms with Crippen molar-refractivity contribution in [2.75, 3.05) is 36.4 Å². The van der Waals surface area contributed by atoms with E-state index in [9.17, 15) is 18.0 Å². The highest BCUT2D eigenvalue weighted by Crippen LogP contribution is 2.38. The number of aromatic amines is 1. The maximum Gasteiger partial charge on any atom is 0.418 e. The zero-order valence-electron chi connectivity index (χ0n) is 19.4. The average molecular weight is 495 g/mol. The van der Waals surface area contributed by atoms with E-state index in [0.717, 1.165) is 29.1 Å². The minimum Gasteiger partial charge on any atom is -0.368 e. The molecule has 0 aliphatic carbocycles. The van der Waals surface area contributed by atoms with Crippen molar-refractivity contribution in [1.82, 2.24) is 20.3 Å². The molecule has 0 saturated carbocycles. The van der Waals surface area contributed by atoms with Gasteiger partial charge in [0.15, 0.2) is 5.65 Å². The number of halogens is 3. The highest BCUT2D eigenvalue weighted by atomic mass is 19.4. The number of aryl methyl sites for hydroxylation is 2. The lowest BCUT2D eigenvalue weighted by Crippen LogP contribution is -2.44. The molecule has 0 radical (unpaired) electrons. The summed E-state index contributed by atoms with van der Waals surface area (Å²) in [6.45, 7) is 2.24. The van der Waals surface area contributed by atoms with E-state index in [1.165, 1.54) is 12.1 Å². The summed E-state index contributed by atoms with van der Waals surface area (Å²) in [5, 5.41) is 5.77. The summed E-state index contributed by atoms with van der Waals surface area (Å²) < 4.78 is 41.5. The number of alkyl halides is 3. The first kappa shape index (κ1) is 23.8. The maximum atomic E-state index is 13.8. The normalized spacial score (nSPS) is 14.2. The molecule has 0 bridgehead atoms. The lowest BCUT2D eigenvalue weighted by Gasteiger charge is -2.31. The van der Waals surface area contributed by atoms with Crippen molar-refractivity contribution in [1.29, 1.82) is 0 Å². The van der Waals surface area contributed by atoms with E-state index in [1.807, 2.05) is 12.1 Å². The highest BCUT2D eigenvalue weighted by molar-refractivity contribution is 6.04. The molecule has 2 aromatic carbocycles. The predicted octanol–water partition coefficient (Wildman–Crippen LogP) is 4.42. The van der Waals surface area contributed by atoms with Gasteiger partial charge in [-0.3, -0.25) is 4.79 Å². The van der Waals surface area contributed by atoms with Crippen molar-refractivity contribution in [3.8, 4) is 0 Å². The van der Waals surface area contributed by atoms with Gasteiger partial charge in [-0.1, -0.05) is 12.1 Å². The Morgan fingerprint density at radius 3 is 2.61 bits per heavy atom. The van der Waals surface area contributed by atoms with Gasteiger partial charge >= 0.3 is 6.18 Å². The van der Waals surface area contributed by atoms with Crippen molar-refractivity contribution >= 4 is 28.4 Å². The molecule has 3 N–H and O–H groups in total. The number of imidazole rings is 1. The standard InChI is InChI=1S/C26H25F3N6O/c27-26(28,29)21-14-20(6-7-23(21)35-10-8-30-9-11-35)34-25(36)19-3-1-2-17(12-19)4-5-18-13-22-24(31-15-18)33-16-32-22/h1-3,6-7,12-16,30H,4-5,8-11H2,(H,34,36)(H,31,32,33). The molecular formula is C26H25F3N6O. The number of hydrogen-bond acceptors (Lipinski definition) is 5. The molecule has 10 heteroatoms. The zero-order valence-corrected chi connectivity index (χ0v) is 19.4. The van der Waals surface area contributed by atoms with Crippen LogP contribution in [0.15, 0.2) is 61.1 Å². The first-order valence-corrected chi connectivity index (χ1v) is 11.7. The monoisotopic (exact) mass is 494 g/mol. The van der Waals surface area contributed by atoms with Crippen LogP contribution in [0, 0.1) is 0 Å². The van der Waals surface area contributed by atoms with Crippen molar-refractivity contribution in [2.24, 2.45) is 0 Å². The molecular weight excluding hydrogens is 469 g/mol. The second-order valence-electron chi connectivity index (χ2n) is 8.74. The quantitative estimate of drug-likeness (QED) is 0.370. The summed E-state index contributed by atoms with van der Waals surface area (Å²) in [7, 11) is 0. The Morgan fingerprint density at radius 2 is 1.81 bits per heavy atom. The molecule has 7 nitrogen and oxygen atoms in total. The van der Waals surface area contributed by atoms with Crippen LogP contribution in [-0.2, 0) is 19.0 Å². The number of benzene rings is 2. The van der Waals surface area contributed by atoms with E-state index in [0.29, 0.717) is 43.8 Å². The number of H-pyrrole nitrogens is 1. The van der Waals surface area contributed by atoms with Gasteiger partial charge < -0.3 is 20.5 Å². The lowest BCUT2D eigenvalue weighted by atomic mass is 10.0. The van der Waals surface area contributed by atoms with E-state index in [-0.39, 0.29) is 11.4 Å². The molecule has 0 atom stereocenters. The Kier molecular flexibility index (Phi) is 6.60. The third-order valence-corrected chi connectivity index (χ3v) is 6.24. The molecule has 186 valence electrons. The highest BCUT2D eigenvalue weighted by Gasteiger charge is 2.35. The van der Waals surface area contributed by atoms with E-state index in [2.05, 4.69) is 25.6 Å². The third-order valence-electron chi connectivity index (χ3n) is 6.24. The fourth-order valence-electron chi connectivity index (χ4n) is 4.39. The van der Waals surface area contributed by atoms with Crippen LogP contribution >= 0.6 is 0 Å². The molecule has 5 rings (SSSR count). The summed E-state index contributed by atoms with van der Waals surface area (Å²) in [6, 6.07) is 13.1. The summed E-state index contributed by atoms with van der Waals surface area (Å²) in [5.41, 5.74) is 3.37. The molecule has 1 amide bonds. The van der Waals surface area contributed by atoms with Gasteiger partial charge in [-0.15, -0.1) is 0 Å². The van der Waals surface area contributed by atoms with Crippen molar-refractivity contribution in [3.63, 3.8) is 0 Å². The molecule has 1 fully saturated rings. The van der Waals surface area contributed by atoms with Gasteiger partial charge in [-0.2, -0.15) is 13.2 Å². The van der Waals surface area contributed by atoms with Crippen LogP contribution in [0.3, 0.4) is 0 Å². The Balaban J connectivity index is 1.29. The molecule has 4 aromatic rings. The van der Waals surface area contributed by atoms with Crippen molar-refractivity contribution in [3.05, 3.63) is 83.3 Å². The van der Waals surface area contributed by atoms with Gasteiger partial charge in [-0.05, 0) is 60.4 Å². The number of nitrogens with zero attached hydrogens (tertiary/aromatic N) is 3. The summed E-state index contributed by atoms with van der Waals surface area (Å²) in [4.78, 5) is 26.1. The second-order valence-corrected chi connectivity index (χ2v) is 8.74. The van der Waals surface area contributed by atoms with E-state index >= 15 is 0 Å². The first-order chi connectivity index (χ1) is 17.4. The summed E-state index contributed by atoms with van der Waals surface area (Å²) in [6.07, 6.45) is 0.242. The third kappa shape index (κ3) is 5.33. The number of fused-ring (bicyclic) bond motifs is 1. The molecule has 0 unspecified atom stereocenters. The number of carbonyl (C=O) groups excluding carboxylic acids is 1. The second kappa shape index (κ2) is 9.98. The van der Waals surface area contributed by atoms with Crippen molar-refractivity contribution < 1.29 is 18.0 Å². The maximum absolute atomic E-state index is 13.8. The molecule has 36 heavy (non-hydrogen) atoms. The fraction of sp³-hybridized carbons (Fsp3) is 0.269. The molecule has 0 spiro atoms. The lowest BCUT2D eigenvalue weighted by molar-refractivity contribution is -0.137. The van der Waals surface area contributed by atoms with Gasteiger partial charge in [0.1, 0.15) is 0 Å². The number of pyridine rings is 1. The Bertz CT molecular complexity index is 1380. The molecule has 1 aliphatic rings.